The second-order valence-electron chi connectivity index (χ2n) is 4.38. The molecule has 1 aliphatic rings. The fourth-order valence-corrected chi connectivity index (χ4v) is 2.32. The first-order valence-corrected chi connectivity index (χ1v) is 6.42. The van der Waals surface area contributed by atoms with E-state index in [4.69, 9.17) is 26.8 Å². The van der Waals surface area contributed by atoms with Crippen LogP contribution in [-0.4, -0.2) is 23.0 Å². The monoisotopic (exact) mass is 279 g/mol. The molecule has 0 saturated heterocycles. The number of anilines is 1. The van der Waals surface area contributed by atoms with Gasteiger partial charge in [-0.25, -0.2) is 0 Å². The lowest BCUT2D eigenvalue weighted by molar-refractivity contribution is 0.297. The predicted octanol–water partition coefficient (Wildman–Crippen LogP) is 2.48. The number of fused-ring (bicyclic) bond motifs is 1. The van der Waals surface area contributed by atoms with Crippen molar-refractivity contribution >= 4 is 17.4 Å². The summed E-state index contributed by atoms with van der Waals surface area (Å²) in [6, 6.07) is 5.51. The predicted molar refractivity (Wildman–Crippen MR) is 73.7 cm³/mol. The number of halogens is 1. The molecule has 0 radical (unpaired) electrons. The summed E-state index contributed by atoms with van der Waals surface area (Å²) in [6.07, 6.45) is 0.844. The summed E-state index contributed by atoms with van der Waals surface area (Å²) >= 11 is 6.40. The molecule has 2 heterocycles. The first-order valence-electron chi connectivity index (χ1n) is 6.05. The maximum atomic E-state index is 6.40. The second-order valence-corrected chi connectivity index (χ2v) is 4.76. The van der Waals surface area contributed by atoms with Crippen LogP contribution in [-0.2, 0) is 7.05 Å². The van der Waals surface area contributed by atoms with E-state index in [2.05, 4.69) is 5.10 Å². The number of nitrogen functional groups attached to an aromatic ring is 1. The molecule has 0 spiro atoms. The second kappa shape index (κ2) is 4.66. The average molecular weight is 280 g/mol. The summed E-state index contributed by atoms with van der Waals surface area (Å²) in [4.78, 5) is 0. The zero-order valence-electron chi connectivity index (χ0n) is 10.5. The van der Waals surface area contributed by atoms with E-state index in [1.807, 2.05) is 12.1 Å². The van der Waals surface area contributed by atoms with E-state index in [0.29, 0.717) is 35.6 Å². The maximum absolute atomic E-state index is 6.40. The number of aromatic nitrogens is 2. The van der Waals surface area contributed by atoms with Gasteiger partial charge in [-0.2, -0.15) is 5.10 Å². The molecule has 2 N–H and O–H groups in total. The van der Waals surface area contributed by atoms with Crippen molar-refractivity contribution in [1.29, 1.82) is 0 Å². The lowest BCUT2D eigenvalue weighted by atomic mass is 10.1. The van der Waals surface area contributed by atoms with Crippen LogP contribution < -0.4 is 15.2 Å². The van der Waals surface area contributed by atoms with Crippen LogP contribution in [0.4, 0.5) is 5.82 Å². The molecule has 1 aromatic heterocycles. The van der Waals surface area contributed by atoms with Gasteiger partial charge in [-0.15, -0.1) is 0 Å². The van der Waals surface area contributed by atoms with E-state index in [1.54, 1.807) is 17.8 Å². The van der Waals surface area contributed by atoms with Crippen molar-refractivity contribution in [3.8, 4) is 22.8 Å². The Balaban J connectivity index is 2.10. The number of nitrogens with zero attached hydrogens (tertiary/aromatic N) is 2. The zero-order valence-corrected chi connectivity index (χ0v) is 11.3. The Labute approximate surface area is 115 Å². The van der Waals surface area contributed by atoms with Gasteiger partial charge in [-0.3, -0.25) is 4.68 Å². The van der Waals surface area contributed by atoms with Crippen LogP contribution >= 0.6 is 11.6 Å². The first-order chi connectivity index (χ1) is 9.16. The van der Waals surface area contributed by atoms with Gasteiger partial charge >= 0.3 is 0 Å². The lowest BCUT2D eigenvalue weighted by Gasteiger charge is -2.11. The minimum atomic E-state index is 0.512. The molecule has 3 rings (SSSR count). The standard InChI is InChI=1S/C13H14ClN3O2/c1-17-11(15)7-9(16-17)8-3-4-10-13(12(8)14)19-6-2-5-18-10/h3-4,7H,2,5-6,15H2,1H3. The maximum Gasteiger partial charge on any atom is 0.180 e. The zero-order chi connectivity index (χ0) is 13.4. The number of benzene rings is 1. The molecule has 0 unspecified atom stereocenters. The Morgan fingerprint density at radius 2 is 2.11 bits per heavy atom. The molecule has 0 aliphatic carbocycles. The Kier molecular flexibility index (Phi) is 2.98. The Hall–Kier alpha value is -1.88. The van der Waals surface area contributed by atoms with Gasteiger partial charge in [-0.1, -0.05) is 11.6 Å². The average Bonchev–Trinajstić information content (AvgIpc) is 2.62. The SMILES string of the molecule is Cn1nc(-c2ccc3c(c2Cl)OCCCO3)cc1N. The molecular weight excluding hydrogens is 266 g/mol. The lowest BCUT2D eigenvalue weighted by Crippen LogP contribution is -1.97. The van der Waals surface area contributed by atoms with E-state index < -0.39 is 0 Å². The molecule has 0 amide bonds. The smallest absolute Gasteiger partial charge is 0.180 e. The highest BCUT2D eigenvalue weighted by molar-refractivity contribution is 6.35. The number of ether oxygens (including phenoxy) is 2. The van der Waals surface area contributed by atoms with Crippen molar-refractivity contribution in [2.75, 3.05) is 18.9 Å². The molecule has 0 atom stereocenters. The molecular formula is C13H14ClN3O2. The summed E-state index contributed by atoms with van der Waals surface area (Å²) in [5.74, 6) is 1.84. The molecule has 19 heavy (non-hydrogen) atoms. The number of hydrogen-bond acceptors (Lipinski definition) is 4. The fourth-order valence-electron chi connectivity index (χ4n) is 2.01. The van der Waals surface area contributed by atoms with Gasteiger partial charge < -0.3 is 15.2 Å². The highest BCUT2D eigenvalue weighted by Gasteiger charge is 2.19. The Bertz CT molecular complexity index is 605. The summed E-state index contributed by atoms with van der Waals surface area (Å²) in [7, 11) is 1.79. The van der Waals surface area contributed by atoms with Crippen LogP contribution in [0.2, 0.25) is 5.02 Å². The van der Waals surface area contributed by atoms with Gasteiger partial charge in [0, 0.05) is 25.1 Å². The van der Waals surface area contributed by atoms with Crippen LogP contribution in [0.15, 0.2) is 18.2 Å². The van der Waals surface area contributed by atoms with Crippen LogP contribution in [0.1, 0.15) is 6.42 Å². The van der Waals surface area contributed by atoms with Gasteiger partial charge in [0.05, 0.1) is 23.9 Å². The summed E-state index contributed by atoms with van der Waals surface area (Å²) in [5.41, 5.74) is 7.31. The van der Waals surface area contributed by atoms with Crippen LogP contribution in [0.5, 0.6) is 11.5 Å². The van der Waals surface area contributed by atoms with Gasteiger partial charge in [0.1, 0.15) is 5.82 Å². The van der Waals surface area contributed by atoms with Gasteiger partial charge in [-0.05, 0) is 12.1 Å². The number of rotatable bonds is 1. The van der Waals surface area contributed by atoms with Crippen LogP contribution in [0.3, 0.4) is 0 Å². The fraction of sp³-hybridized carbons (Fsp3) is 0.308. The van der Waals surface area contributed by atoms with E-state index >= 15 is 0 Å². The van der Waals surface area contributed by atoms with E-state index in [1.165, 1.54) is 0 Å². The Morgan fingerprint density at radius 1 is 1.32 bits per heavy atom. The molecule has 5 nitrogen and oxygen atoms in total. The first kappa shape index (κ1) is 12.2. The molecule has 100 valence electrons. The molecule has 0 bridgehead atoms. The van der Waals surface area contributed by atoms with Crippen molar-refractivity contribution in [2.24, 2.45) is 7.05 Å². The molecule has 0 fully saturated rings. The topological polar surface area (TPSA) is 62.3 Å². The van der Waals surface area contributed by atoms with Crippen molar-refractivity contribution in [2.45, 2.75) is 6.42 Å². The molecule has 1 aromatic carbocycles. The summed E-state index contributed by atoms with van der Waals surface area (Å²) in [6.45, 7) is 1.24. The van der Waals surface area contributed by atoms with Gasteiger partial charge in [0.2, 0.25) is 0 Å². The van der Waals surface area contributed by atoms with E-state index in [-0.39, 0.29) is 0 Å². The molecule has 0 saturated carbocycles. The highest BCUT2D eigenvalue weighted by atomic mass is 35.5. The third-order valence-electron chi connectivity index (χ3n) is 3.05. The third kappa shape index (κ3) is 2.10. The van der Waals surface area contributed by atoms with Crippen molar-refractivity contribution < 1.29 is 9.47 Å². The van der Waals surface area contributed by atoms with Crippen molar-refractivity contribution in [1.82, 2.24) is 9.78 Å². The van der Waals surface area contributed by atoms with Crippen molar-refractivity contribution in [3.63, 3.8) is 0 Å². The third-order valence-corrected chi connectivity index (χ3v) is 3.42. The van der Waals surface area contributed by atoms with Gasteiger partial charge in [0.25, 0.3) is 0 Å². The quantitative estimate of drug-likeness (QED) is 0.871. The van der Waals surface area contributed by atoms with E-state index in [0.717, 1.165) is 17.7 Å². The minimum Gasteiger partial charge on any atom is -0.490 e. The van der Waals surface area contributed by atoms with Gasteiger partial charge in [0.15, 0.2) is 11.5 Å². The molecule has 6 heteroatoms. The number of aryl methyl sites for hydroxylation is 1. The molecule has 1 aliphatic heterocycles. The van der Waals surface area contributed by atoms with E-state index in [9.17, 15) is 0 Å². The van der Waals surface area contributed by atoms with Crippen LogP contribution in [0, 0.1) is 0 Å². The van der Waals surface area contributed by atoms with Crippen molar-refractivity contribution in [3.05, 3.63) is 23.2 Å². The molecule has 2 aromatic rings. The summed E-state index contributed by atoms with van der Waals surface area (Å²) in [5, 5.41) is 4.84. The normalized spacial score (nSPS) is 14.2. The Morgan fingerprint density at radius 3 is 2.84 bits per heavy atom. The number of hydrogen-bond donors (Lipinski definition) is 1. The largest absolute Gasteiger partial charge is 0.490 e. The summed E-state index contributed by atoms with van der Waals surface area (Å²) < 4.78 is 12.9. The minimum absolute atomic E-state index is 0.512. The van der Waals surface area contributed by atoms with Crippen LogP contribution in [0.25, 0.3) is 11.3 Å². The number of nitrogens with two attached hydrogens (primary N) is 1. The highest BCUT2D eigenvalue weighted by Crippen LogP contribution is 2.42.